The van der Waals surface area contributed by atoms with Crippen LogP contribution < -0.4 is 9.47 Å². The Hall–Kier alpha value is -2.30. The average molecular weight is 274 g/mol. The molecular weight excluding hydrogens is 256 g/mol. The Bertz CT molecular complexity index is 605. The highest BCUT2D eigenvalue weighted by molar-refractivity contribution is 5.76. The van der Waals surface area contributed by atoms with Gasteiger partial charge in [-0.05, 0) is 30.7 Å². The van der Waals surface area contributed by atoms with E-state index in [0.29, 0.717) is 23.7 Å². The van der Waals surface area contributed by atoms with Crippen molar-refractivity contribution in [3.63, 3.8) is 0 Å². The fourth-order valence-electron chi connectivity index (χ4n) is 1.91. The standard InChI is InChI=1S/C15H18N2O3/c1-4-12-8-13(17(2)16-12)10-20-15-7-11(9-18)5-6-14(15)19-3/h5-9H,4,10H2,1-3H3. The maximum Gasteiger partial charge on any atom is 0.162 e. The van der Waals surface area contributed by atoms with Crippen molar-refractivity contribution >= 4 is 6.29 Å². The quantitative estimate of drug-likeness (QED) is 0.759. The predicted molar refractivity (Wildman–Crippen MR) is 75.3 cm³/mol. The van der Waals surface area contributed by atoms with Crippen LogP contribution in [0.15, 0.2) is 24.3 Å². The predicted octanol–water partition coefficient (Wildman–Crippen LogP) is 2.38. The van der Waals surface area contributed by atoms with E-state index in [1.807, 2.05) is 13.1 Å². The zero-order chi connectivity index (χ0) is 14.5. The minimum atomic E-state index is 0.377. The van der Waals surface area contributed by atoms with E-state index in [4.69, 9.17) is 9.47 Å². The lowest BCUT2D eigenvalue weighted by molar-refractivity contribution is 0.112. The van der Waals surface area contributed by atoms with Crippen molar-refractivity contribution in [1.29, 1.82) is 0 Å². The van der Waals surface area contributed by atoms with E-state index < -0.39 is 0 Å². The van der Waals surface area contributed by atoms with E-state index in [-0.39, 0.29) is 0 Å². The molecule has 20 heavy (non-hydrogen) atoms. The molecule has 5 nitrogen and oxygen atoms in total. The first-order valence-electron chi connectivity index (χ1n) is 6.45. The van der Waals surface area contributed by atoms with Crippen molar-refractivity contribution in [2.75, 3.05) is 7.11 Å². The van der Waals surface area contributed by atoms with E-state index in [1.165, 1.54) is 0 Å². The van der Waals surface area contributed by atoms with Crippen LogP contribution in [0.1, 0.15) is 28.7 Å². The Labute approximate surface area is 118 Å². The van der Waals surface area contributed by atoms with Crippen molar-refractivity contribution in [2.45, 2.75) is 20.0 Å². The molecule has 0 aliphatic rings. The van der Waals surface area contributed by atoms with Gasteiger partial charge in [0.2, 0.25) is 0 Å². The monoisotopic (exact) mass is 274 g/mol. The lowest BCUT2D eigenvalue weighted by atomic mass is 10.2. The van der Waals surface area contributed by atoms with Crippen LogP contribution >= 0.6 is 0 Å². The van der Waals surface area contributed by atoms with Crippen LogP contribution in [-0.2, 0) is 20.1 Å². The molecular formula is C15H18N2O3. The average Bonchev–Trinajstić information content (AvgIpc) is 2.85. The fourth-order valence-corrected chi connectivity index (χ4v) is 1.91. The first-order chi connectivity index (χ1) is 9.67. The zero-order valence-corrected chi connectivity index (χ0v) is 11.9. The Morgan fingerprint density at radius 2 is 2.10 bits per heavy atom. The Morgan fingerprint density at radius 1 is 1.30 bits per heavy atom. The molecule has 5 heteroatoms. The zero-order valence-electron chi connectivity index (χ0n) is 11.9. The van der Waals surface area contributed by atoms with Gasteiger partial charge in [0.15, 0.2) is 11.5 Å². The second-order valence-electron chi connectivity index (χ2n) is 4.42. The molecule has 1 heterocycles. The maximum absolute atomic E-state index is 10.8. The molecule has 106 valence electrons. The summed E-state index contributed by atoms with van der Waals surface area (Å²) in [7, 11) is 3.46. The summed E-state index contributed by atoms with van der Waals surface area (Å²) in [5, 5.41) is 4.37. The van der Waals surface area contributed by atoms with Gasteiger partial charge in [-0.3, -0.25) is 9.48 Å². The Kier molecular flexibility index (Phi) is 4.40. The minimum Gasteiger partial charge on any atom is -0.493 e. The van der Waals surface area contributed by atoms with Crippen molar-refractivity contribution in [2.24, 2.45) is 7.05 Å². The molecule has 0 bridgehead atoms. The second-order valence-corrected chi connectivity index (χ2v) is 4.42. The van der Waals surface area contributed by atoms with Crippen LogP contribution in [0, 0.1) is 0 Å². The first kappa shape index (κ1) is 14.1. The largest absolute Gasteiger partial charge is 0.493 e. The summed E-state index contributed by atoms with van der Waals surface area (Å²) < 4.78 is 12.8. The molecule has 0 fully saturated rings. The van der Waals surface area contributed by atoms with Crippen molar-refractivity contribution in [1.82, 2.24) is 9.78 Å². The second kappa shape index (κ2) is 6.23. The SMILES string of the molecule is CCc1cc(COc2cc(C=O)ccc2OC)n(C)n1. The summed E-state index contributed by atoms with van der Waals surface area (Å²) >= 11 is 0. The Morgan fingerprint density at radius 3 is 2.70 bits per heavy atom. The van der Waals surface area contributed by atoms with Crippen molar-refractivity contribution in [3.05, 3.63) is 41.2 Å². The van der Waals surface area contributed by atoms with Gasteiger partial charge in [0, 0.05) is 12.6 Å². The van der Waals surface area contributed by atoms with Gasteiger partial charge in [0.05, 0.1) is 18.5 Å². The molecule has 0 amide bonds. The highest BCUT2D eigenvalue weighted by Gasteiger charge is 2.09. The molecule has 0 N–H and O–H groups in total. The molecule has 1 aromatic heterocycles. The summed E-state index contributed by atoms with van der Waals surface area (Å²) in [5.41, 5.74) is 2.56. The third kappa shape index (κ3) is 2.99. The van der Waals surface area contributed by atoms with Gasteiger partial charge in [-0.2, -0.15) is 5.10 Å². The third-order valence-electron chi connectivity index (χ3n) is 3.09. The van der Waals surface area contributed by atoms with Gasteiger partial charge < -0.3 is 9.47 Å². The number of rotatable bonds is 6. The van der Waals surface area contributed by atoms with Gasteiger partial charge in [-0.25, -0.2) is 0 Å². The van der Waals surface area contributed by atoms with Crippen molar-refractivity contribution < 1.29 is 14.3 Å². The molecule has 2 aromatic rings. The number of methoxy groups -OCH3 is 1. The van der Waals surface area contributed by atoms with Gasteiger partial charge in [0.25, 0.3) is 0 Å². The number of aromatic nitrogens is 2. The van der Waals surface area contributed by atoms with Gasteiger partial charge in [-0.1, -0.05) is 6.92 Å². The number of carbonyl (C=O) groups excluding carboxylic acids is 1. The number of hydrogen-bond donors (Lipinski definition) is 0. The van der Waals surface area contributed by atoms with Crippen molar-refractivity contribution in [3.8, 4) is 11.5 Å². The molecule has 0 radical (unpaired) electrons. The van der Waals surface area contributed by atoms with E-state index in [9.17, 15) is 4.79 Å². The topological polar surface area (TPSA) is 53.4 Å². The van der Waals surface area contributed by atoms with Gasteiger partial charge in [-0.15, -0.1) is 0 Å². The lowest BCUT2D eigenvalue weighted by Crippen LogP contribution is -2.04. The molecule has 0 saturated carbocycles. The molecule has 0 saturated heterocycles. The summed E-state index contributed by atoms with van der Waals surface area (Å²) in [6.07, 6.45) is 1.67. The fraction of sp³-hybridized carbons (Fsp3) is 0.333. The van der Waals surface area contributed by atoms with E-state index in [0.717, 1.165) is 24.1 Å². The minimum absolute atomic E-state index is 0.377. The molecule has 0 spiro atoms. The third-order valence-corrected chi connectivity index (χ3v) is 3.09. The number of aldehydes is 1. The summed E-state index contributed by atoms with van der Waals surface area (Å²) in [4.78, 5) is 10.8. The van der Waals surface area contributed by atoms with Gasteiger partial charge in [0.1, 0.15) is 12.9 Å². The van der Waals surface area contributed by atoms with E-state index in [2.05, 4.69) is 12.0 Å². The van der Waals surface area contributed by atoms with Crippen LogP contribution in [0.3, 0.4) is 0 Å². The van der Waals surface area contributed by atoms with E-state index >= 15 is 0 Å². The Balaban J connectivity index is 2.16. The van der Waals surface area contributed by atoms with Crippen LogP contribution in [0.5, 0.6) is 11.5 Å². The number of benzene rings is 1. The molecule has 1 aromatic carbocycles. The molecule has 0 atom stereocenters. The normalized spacial score (nSPS) is 10.3. The first-order valence-corrected chi connectivity index (χ1v) is 6.45. The van der Waals surface area contributed by atoms with Crippen LogP contribution in [0.2, 0.25) is 0 Å². The van der Waals surface area contributed by atoms with E-state index in [1.54, 1.807) is 30.0 Å². The van der Waals surface area contributed by atoms with Crippen LogP contribution in [0.25, 0.3) is 0 Å². The molecule has 0 unspecified atom stereocenters. The molecule has 0 aliphatic heterocycles. The van der Waals surface area contributed by atoms with Crippen LogP contribution in [0.4, 0.5) is 0 Å². The number of nitrogens with zero attached hydrogens (tertiary/aromatic N) is 2. The summed E-state index contributed by atoms with van der Waals surface area (Å²) in [6.45, 7) is 2.44. The smallest absolute Gasteiger partial charge is 0.162 e. The van der Waals surface area contributed by atoms with Crippen LogP contribution in [-0.4, -0.2) is 23.2 Å². The summed E-state index contributed by atoms with van der Waals surface area (Å²) in [5.74, 6) is 1.16. The van der Waals surface area contributed by atoms with Gasteiger partial charge >= 0.3 is 0 Å². The maximum atomic E-state index is 10.8. The number of hydrogen-bond acceptors (Lipinski definition) is 4. The number of ether oxygens (including phenoxy) is 2. The lowest BCUT2D eigenvalue weighted by Gasteiger charge is -2.11. The highest BCUT2D eigenvalue weighted by atomic mass is 16.5. The molecule has 0 aliphatic carbocycles. The number of carbonyl (C=O) groups is 1. The highest BCUT2D eigenvalue weighted by Crippen LogP contribution is 2.28. The summed E-state index contributed by atoms with van der Waals surface area (Å²) in [6, 6.07) is 7.09. The number of aryl methyl sites for hydroxylation is 2. The molecule has 2 rings (SSSR count).